The van der Waals surface area contributed by atoms with Gasteiger partial charge < -0.3 is 20.7 Å². The fourth-order valence-corrected chi connectivity index (χ4v) is 1.98. The summed E-state index contributed by atoms with van der Waals surface area (Å²) < 4.78 is 56.9. The summed E-state index contributed by atoms with van der Waals surface area (Å²) in [6.07, 6.45) is -4.68. The maximum atomic E-state index is 13.1. The van der Waals surface area contributed by atoms with E-state index in [1.165, 1.54) is 7.11 Å². The third-order valence-electron chi connectivity index (χ3n) is 3.17. The molecule has 0 fully saturated rings. The van der Waals surface area contributed by atoms with Gasteiger partial charge in [0.15, 0.2) is 5.96 Å². The van der Waals surface area contributed by atoms with Gasteiger partial charge in [0, 0.05) is 20.2 Å². The van der Waals surface area contributed by atoms with Crippen molar-refractivity contribution < 1.29 is 27.1 Å². The van der Waals surface area contributed by atoms with Gasteiger partial charge in [0.05, 0.1) is 25.3 Å². The lowest BCUT2D eigenvalue weighted by molar-refractivity contribution is -0.138. The zero-order chi connectivity index (χ0) is 19.6. The smallest absolute Gasteiger partial charge is 0.383 e. The van der Waals surface area contributed by atoms with E-state index in [-0.39, 0.29) is 30.5 Å². The number of amides is 1. The van der Waals surface area contributed by atoms with Gasteiger partial charge in [-0.05, 0) is 24.6 Å². The van der Waals surface area contributed by atoms with Gasteiger partial charge in [-0.3, -0.25) is 4.79 Å². The van der Waals surface area contributed by atoms with E-state index in [0.717, 1.165) is 12.1 Å². The summed E-state index contributed by atoms with van der Waals surface area (Å²) in [7, 11) is 1.50. The molecule has 1 aromatic rings. The second-order valence-electron chi connectivity index (χ2n) is 5.19. The van der Waals surface area contributed by atoms with Gasteiger partial charge in [-0.25, -0.2) is 9.38 Å². The van der Waals surface area contributed by atoms with Crippen LogP contribution in [0.15, 0.2) is 23.2 Å². The number of carbonyl (C=O) groups is 1. The van der Waals surface area contributed by atoms with Crippen molar-refractivity contribution in [2.24, 2.45) is 4.99 Å². The van der Waals surface area contributed by atoms with E-state index in [4.69, 9.17) is 4.74 Å². The van der Waals surface area contributed by atoms with Gasteiger partial charge in [0.25, 0.3) is 0 Å². The molecule has 0 heterocycles. The molecular weight excluding hydrogens is 356 g/mol. The number of aliphatic imine (C=N–C) groups is 1. The molecule has 10 heteroatoms. The van der Waals surface area contributed by atoms with Crippen LogP contribution in [0.1, 0.15) is 18.1 Å². The van der Waals surface area contributed by atoms with Crippen LogP contribution < -0.4 is 16.0 Å². The number of carbonyl (C=O) groups excluding carboxylic acids is 1. The molecule has 0 aliphatic carbocycles. The molecule has 3 N–H and O–H groups in total. The summed E-state index contributed by atoms with van der Waals surface area (Å²) in [4.78, 5) is 15.6. The first-order valence-electron chi connectivity index (χ1n) is 7.91. The second kappa shape index (κ2) is 10.6. The highest BCUT2D eigenvalue weighted by atomic mass is 19.4. The van der Waals surface area contributed by atoms with Crippen LogP contribution in [0.5, 0.6) is 0 Å². The van der Waals surface area contributed by atoms with Gasteiger partial charge in [-0.1, -0.05) is 6.07 Å². The van der Waals surface area contributed by atoms with Crippen LogP contribution in [-0.4, -0.2) is 45.2 Å². The van der Waals surface area contributed by atoms with E-state index in [9.17, 15) is 22.4 Å². The molecule has 0 radical (unpaired) electrons. The summed E-state index contributed by atoms with van der Waals surface area (Å²) in [5, 5.41) is 8.13. The van der Waals surface area contributed by atoms with Crippen LogP contribution in [0.2, 0.25) is 0 Å². The Morgan fingerprint density at radius 3 is 2.58 bits per heavy atom. The lowest BCUT2D eigenvalue weighted by Gasteiger charge is -2.14. The normalized spacial score (nSPS) is 12.0. The van der Waals surface area contributed by atoms with Crippen LogP contribution in [-0.2, 0) is 22.3 Å². The number of nitrogens with one attached hydrogen (secondary N) is 3. The number of hydrogen-bond acceptors (Lipinski definition) is 3. The molecule has 6 nitrogen and oxygen atoms in total. The molecule has 26 heavy (non-hydrogen) atoms. The zero-order valence-corrected chi connectivity index (χ0v) is 14.5. The average Bonchev–Trinajstić information content (AvgIpc) is 2.57. The Bertz CT molecular complexity index is 621. The molecule has 0 aliphatic rings. The van der Waals surface area contributed by atoms with E-state index in [1.54, 1.807) is 6.92 Å². The minimum atomic E-state index is -4.68. The van der Waals surface area contributed by atoms with E-state index in [0.29, 0.717) is 25.8 Å². The van der Waals surface area contributed by atoms with Gasteiger partial charge >= 0.3 is 6.18 Å². The van der Waals surface area contributed by atoms with Crippen molar-refractivity contribution in [3.63, 3.8) is 0 Å². The molecule has 1 rings (SSSR count). The van der Waals surface area contributed by atoms with Crippen molar-refractivity contribution in [2.75, 3.05) is 33.4 Å². The largest absolute Gasteiger partial charge is 0.416 e. The Balaban J connectivity index is 2.76. The second-order valence-corrected chi connectivity index (χ2v) is 5.19. The highest BCUT2D eigenvalue weighted by molar-refractivity contribution is 5.86. The first-order chi connectivity index (χ1) is 12.3. The highest BCUT2D eigenvalue weighted by Gasteiger charge is 2.33. The number of nitrogens with zero attached hydrogens (tertiary/aromatic N) is 1. The summed E-state index contributed by atoms with van der Waals surface area (Å²) in [6, 6.07) is 2.43. The Hall–Kier alpha value is -2.36. The predicted molar refractivity (Wildman–Crippen MR) is 89.1 cm³/mol. The van der Waals surface area contributed by atoms with Crippen LogP contribution in [0, 0.1) is 5.82 Å². The zero-order valence-electron chi connectivity index (χ0n) is 14.5. The minimum Gasteiger partial charge on any atom is -0.383 e. The van der Waals surface area contributed by atoms with Gasteiger partial charge in [-0.15, -0.1) is 0 Å². The lowest BCUT2D eigenvalue weighted by Crippen LogP contribution is -2.43. The Morgan fingerprint density at radius 2 is 1.96 bits per heavy atom. The van der Waals surface area contributed by atoms with Crippen LogP contribution in [0.4, 0.5) is 17.6 Å². The number of rotatable bonds is 8. The number of hydrogen-bond donors (Lipinski definition) is 3. The molecule has 0 atom stereocenters. The Kier molecular flexibility index (Phi) is 8.83. The van der Waals surface area contributed by atoms with E-state index < -0.39 is 17.6 Å². The van der Waals surface area contributed by atoms with E-state index in [2.05, 4.69) is 20.9 Å². The van der Waals surface area contributed by atoms with Crippen molar-refractivity contribution in [3.8, 4) is 0 Å². The van der Waals surface area contributed by atoms with Crippen LogP contribution >= 0.6 is 0 Å². The Morgan fingerprint density at radius 1 is 1.23 bits per heavy atom. The van der Waals surface area contributed by atoms with Crippen molar-refractivity contribution in [2.45, 2.75) is 19.6 Å². The van der Waals surface area contributed by atoms with Crippen molar-refractivity contribution in [1.29, 1.82) is 0 Å². The van der Waals surface area contributed by atoms with Crippen molar-refractivity contribution in [3.05, 3.63) is 35.1 Å². The van der Waals surface area contributed by atoms with Crippen molar-refractivity contribution >= 4 is 11.9 Å². The fourth-order valence-electron chi connectivity index (χ4n) is 1.98. The molecule has 0 saturated heterocycles. The first-order valence-corrected chi connectivity index (χ1v) is 7.91. The SMILES string of the molecule is CCNC(=NCc1ccc(F)cc1C(F)(F)F)NCC(=O)NCCOC. The van der Waals surface area contributed by atoms with Gasteiger partial charge in [0.2, 0.25) is 5.91 Å². The van der Waals surface area contributed by atoms with Crippen LogP contribution in [0.3, 0.4) is 0 Å². The quantitative estimate of drug-likeness (QED) is 0.278. The number of ether oxygens (including phenoxy) is 1. The average molecular weight is 378 g/mol. The maximum Gasteiger partial charge on any atom is 0.416 e. The third kappa shape index (κ3) is 7.68. The van der Waals surface area contributed by atoms with E-state index in [1.807, 2.05) is 0 Å². The van der Waals surface area contributed by atoms with Crippen LogP contribution in [0.25, 0.3) is 0 Å². The summed E-state index contributed by atoms with van der Waals surface area (Å²) in [6.45, 7) is 2.50. The molecule has 0 spiro atoms. The molecule has 1 aromatic carbocycles. The molecule has 0 aromatic heterocycles. The number of guanidine groups is 1. The van der Waals surface area contributed by atoms with Crippen molar-refractivity contribution in [1.82, 2.24) is 16.0 Å². The molecule has 1 amide bonds. The number of methoxy groups -OCH3 is 1. The first kappa shape index (κ1) is 21.7. The summed E-state index contributed by atoms with van der Waals surface area (Å²) >= 11 is 0. The maximum absolute atomic E-state index is 13.1. The van der Waals surface area contributed by atoms with Gasteiger partial charge in [-0.2, -0.15) is 13.2 Å². The van der Waals surface area contributed by atoms with Gasteiger partial charge in [0.1, 0.15) is 5.82 Å². The number of halogens is 4. The fraction of sp³-hybridized carbons (Fsp3) is 0.500. The molecule has 146 valence electrons. The molecule has 0 unspecified atom stereocenters. The molecule has 0 aliphatic heterocycles. The molecule has 0 bridgehead atoms. The summed E-state index contributed by atoms with van der Waals surface area (Å²) in [5.74, 6) is -1.11. The molecule has 0 saturated carbocycles. The topological polar surface area (TPSA) is 74.8 Å². The highest BCUT2D eigenvalue weighted by Crippen LogP contribution is 2.32. The molecular formula is C16H22F4N4O2. The minimum absolute atomic E-state index is 0.106. The third-order valence-corrected chi connectivity index (χ3v) is 3.17. The standard InChI is InChI=1S/C16H22F4N4O2/c1-3-21-15(24-10-14(25)22-6-7-26-2)23-9-11-4-5-12(17)8-13(11)16(18,19)20/h4-5,8H,3,6-7,9-10H2,1-2H3,(H,22,25)(H2,21,23,24). The predicted octanol–water partition coefficient (Wildman–Crippen LogP) is 1.66. The lowest BCUT2D eigenvalue weighted by atomic mass is 10.1. The summed E-state index contributed by atoms with van der Waals surface area (Å²) in [5.41, 5.74) is -1.24. The number of benzene rings is 1. The Labute approximate surface area is 149 Å². The van der Waals surface area contributed by atoms with E-state index >= 15 is 0 Å². The monoisotopic (exact) mass is 378 g/mol. The number of alkyl halides is 3.